The lowest BCUT2D eigenvalue weighted by molar-refractivity contribution is 0.725. The van der Waals surface area contributed by atoms with Crippen LogP contribution in [0.5, 0.6) is 0 Å². The average molecular weight is 361 g/mol. The number of nitrogens with zero attached hydrogens (tertiary/aromatic N) is 2. The minimum atomic E-state index is 0.0210. The molecule has 0 saturated carbocycles. The van der Waals surface area contributed by atoms with Crippen molar-refractivity contribution in [1.29, 1.82) is 0 Å². The van der Waals surface area contributed by atoms with Crippen LogP contribution in [-0.2, 0) is 13.0 Å². The number of hydrogen-bond donors (Lipinski definition) is 0. The van der Waals surface area contributed by atoms with E-state index in [-0.39, 0.29) is 5.56 Å². The van der Waals surface area contributed by atoms with Crippen LogP contribution in [0, 0.1) is 0 Å². The first-order valence-electron chi connectivity index (χ1n) is 9.97. The highest BCUT2D eigenvalue weighted by molar-refractivity contribution is 5.81. The summed E-state index contributed by atoms with van der Waals surface area (Å²) in [7, 11) is 0. The van der Waals surface area contributed by atoms with E-state index in [0.717, 1.165) is 35.0 Å². The zero-order chi connectivity index (χ0) is 19.1. The molecule has 3 aromatic rings. The Morgan fingerprint density at radius 2 is 1.93 bits per heavy atom. The van der Waals surface area contributed by atoms with Gasteiger partial charge < -0.3 is 0 Å². The molecule has 0 amide bonds. The Hall–Kier alpha value is -2.68. The number of allylic oxidation sites excluding steroid dienone is 2. The molecule has 0 fully saturated rings. The molecule has 0 atom stereocenters. The van der Waals surface area contributed by atoms with Crippen LogP contribution in [0.3, 0.4) is 0 Å². The van der Waals surface area contributed by atoms with Gasteiger partial charge in [-0.25, -0.2) is 4.98 Å². The van der Waals surface area contributed by atoms with Crippen LogP contribution >= 0.6 is 0 Å². The maximum absolute atomic E-state index is 13.2. The van der Waals surface area contributed by atoms with Gasteiger partial charge in [0, 0.05) is 23.7 Å². The Kier molecular flexibility index (Phi) is 6.59. The fourth-order valence-corrected chi connectivity index (χ4v) is 3.35. The van der Waals surface area contributed by atoms with E-state index in [1.165, 1.54) is 24.8 Å². The summed E-state index contributed by atoms with van der Waals surface area (Å²) in [5.41, 5.74) is 3.72. The zero-order valence-electron chi connectivity index (χ0n) is 16.3. The molecule has 0 saturated heterocycles. The van der Waals surface area contributed by atoms with Gasteiger partial charge in [-0.2, -0.15) is 0 Å². The molecule has 3 heteroatoms. The van der Waals surface area contributed by atoms with Crippen LogP contribution in [0.1, 0.15) is 45.1 Å². The van der Waals surface area contributed by atoms with Crippen molar-refractivity contribution in [3.05, 3.63) is 76.7 Å². The lowest BCUT2D eigenvalue weighted by Crippen LogP contribution is -2.22. The standard InChI is InChI=1S/C24H28N2O/c1-3-5-6-7-8-9-16-26-23-21(14-11-15-25-23)18-22(24(26)27)20-13-10-12-19(4-2)17-20/h8-15,17-18H,3-7,16H2,1-2H3. The van der Waals surface area contributed by atoms with E-state index >= 15 is 0 Å². The predicted molar refractivity (Wildman–Crippen MR) is 114 cm³/mol. The van der Waals surface area contributed by atoms with Crippen LogP contribution in [0.2, 0.25) is 0 Å². The van der Waals surface area contributed by atoms with Gasteiger partial charge in [-0.3, -0.25) is 9.36 Å². The van der Waals surface area contributed by atoms with Crippen molar-refractivity contribution >= 4 is 11.0 Å². The van der Waals surface area contributed by atoms with Gasteiger partial charge in [0.15, 0.2) is 0 Å². The summed E-state index contributed by atoms with van der Waals surface area (Å²) in [5, 5.41) is 0.994. The fraction of sp³-hybridized carbons (Fsp3) is 0.333. The number of hydrogen-bond acceptors (Lipinski definition) is 2. The van der Waals surface area contributed by atoms with Crippen molar-refractivity contribution in [1.82, 2.24) is 9.55 Å². The Morgan fingerprint density at radius 3 is 2.74 bits per heavy atom. The van der Waals surface area contributed by atoms with Crippen molar-refractivity contribution in [2.45, 2.75) is 52.5 Å². The summed E-state index contributed by atoms with van der Waals surface area (Å²) in [4.78, 5) is 17.7. The number of unbranched alkanes of at least 4 members (excludes halogenated alkanes) is 3. The maximum Gasteiger partial charge on any atom is 0.260 e. The summed E-state index contributed by atoms with van der Waals surface area (Å²) < 4.78 is 1.79. The third-order valence-corrected chi connectivity index (χ3v) is 4.92. The number of benzene rings is 1. The molecule has 3 rings (SSSR count). The van der Waals surface area contributed by atoms with Gasteiger partial charge in [0.1, 0.15) is 5.65 Å². The molecular weight excluding hydrogens is 332 g/mol. The van der Waals surface area contributed by atoms with Crippen LogP contribution in [0.25, 0.3) is 22.2 Å². The molecule has 2 aromatic heterocycles. The number of rotatable bonds is 8. The van der Waals surface area contributed by atoms with Gasteiger partial charge in [0.05, 0.1) is 0 Å². The first kappa shape index (κ1) is 19.1. The third-order valence-electron chi connectivity index (χ3n) is 4.92. The first-order valence-corrected chi connectivity index (χ1v) is 9.97. The lowest BCUT2D eigenvalue weighted by Gasteiger charge is -2.11. The number of aromatic nitrogens is 2. The molecule has 140 valence electrons. The van der Waals surface area contributed by atoms with Crippen molar-refractivity contribution in [2.75, 3.05) is 0 Å². The SMILES string of the molecule is CCCCCC=CCn1c(=O)c(-c2cccc(CC)c2)cc2cccnc21. The molecule has 0 aliphatic carbocycles. The predicted octanol–water partition coefficient (Wildman–Crippen LogP) is 5.76. The highest BCUT2D eigenvalue weighted by atomic mass is 16.1. The smallest absolute Gasteiger partial charge is 0.260 e. The summed E-state index contributed by atoms with van der Waals surface area (Å²) in [6.45, 7) is 4.89. The zero-order valence-corrected chi connectivity index (χ0v) is 16.3. The molecule has 0 radical (unpaired) electrons. The minimum Gasteiger partial charge on any atom is -0.288 e. The van der Waals surface area contributed by atoms with Gasteiger partial charge in [-0.15, -0.1) is 0 Å². The van der Waals surface area contributed by atoms with Crippen molar-refractivity contribution < 1.29 is 0 Å². The maximum atomic E-state index is 13.2. The Morgan fingerprint density at radius 1 is 1.04 bits per heavy atom. The highest BCUT2D eigenvalue weighted by Gasteiger charge is 2.11. The van der Waals surface area contributed by atoms with E-state index in [0.29, 0.717) is 6.54 Å². The normalized spacial score (nSPS) is 11.5. The van der Waals surface area contributed by atoms with Crippen molar-refractivity contribution in [3.8, 4) is 11.1 Å². The van der Waals surface area contributed by atoms with Gasteiger partial charge in [-0.05, 0) is 48.6 Å². The molecule has 2 heterocycles. The molecular formula is C24H28N2O. The third kappa shape index (κ3) is 4.54. The molecule has 27 heavy (non-hydrogen) atoms. The van der Waals surface area contributed by atoms with Crippen LogP contribution in [-0.4, -0.2) is 9.55 Å². The molecule has 0 aliphatic heterocycles. The van der Waals surface area contributed by atoms with Crippen LogP contribution < -0.4 is 5.56 Å². The largest absolute Gasteiger partial charge is 0.288 e. The summed E-state index contributed by atoms with van der Waals surface area (Å²) >= 11 is 0. The molecule has 0 N–H and O–H groups in total. The summed E-state index contributed by atoms with van der Waals surface area (Å²) in [6.07, 6.45) is 11.7. The van der Waals surface area contributed by atoms with E-state index in [1.54, 1.807) is 10.8 Å². The second kappa shape index (κ2) is 9.31. The van der Waals surface area contributed by atoms with Gasteiger partial charge in [0.25, 0.3) is 5.56 Å². The number of fused-ring (bicyclic) bond motifs is 1. The fourth-order valence-electron chi connectivity index (χ4n) is 3.35. The van der Waals surface area contributed by atoms with Crippen molar-refractivity contribution in [3.63, 3.8) is 0 Å². The summed E-state index contributed by atoms with van der Waals surface area (Å²) in [5.74, 6) is 0. The average Bonchev–Trinajstić information content (AvgIpc) is 2.71. The van der Waals surface area contributed by atoms with E-state index in [9.17, 15) is 4.79 Å². The minimum absolute atomic E-state index is 0.0210. The van der Waals surface area contributed by atoms with E-state index < -0.39 is 0 Å². The first-order chi connectivity index (χ1) is 13.2. The molecule has 0 unspecified atom stereocenters. The molecule has 0 aliphatic rings. The molecule has 1 aromatic carbocycles. The quantitative estimate of drug-likeness (QED) is 0.378. The molecule has 3 nitrogen and oxygen atoms in total. The molecule has 0 spiro atoms. The monoisotopic (exact) mass is 360 g/mol. The number of pyridine rings is 2. The van der Waals surface area contributed by atoms with Crippen LogP contribution in [0.15, 0.2) is 65.6 Å². The van der Waals surface area contributed by atoms with Gasteiger partial charge in [0.2, 0.25) is 0 Å². The van der Waals surface area contributed by atoms with Gasteiger partial charge in [-0.1, -0.05) is 63.1 Å². The van der Waals surface area contributed by atoms with Gasteiger partial charge >= 0.3 is 0 Å². The molecule has 0 bridgehead atoms. The number of aryl methyl sites for hydroxylation is 1. The topological polar surface area (TPSA) is 34.9 Å². The van der Waals surface area contributed by atoms with E-state index in [1.807, 2.05) is 30.3 Å². The Labute approximate surface area is 161 Å². The second-order valence-corrected chi connectivity index (χ2v) is 6.91. The lowest BCUT2D eigenvalue weighted by atomic mass is 10.0. The van der Waals surface area contributed by atoms with E-state index in [4.69, 9.17) is 0 Å². The Bertz CT molecular complexity index is 985. The Balaban J connectivity index is 2.01. The summed E-state index contributed by atoms with van der Waals surface area (Å²) in [6, 6.07) is 14.2. The van der Waals surface area contributed by atoms with E-state index in [2.05, 4.69) is 43.1 Å². The highest BCUT2D eigenvalue weighted by Crippen LogP contribution is 2.21. The second-order valence-electron chi connectivity index (χ2n) is 6.91. The van der Waals surface area contributed by atoms with Crippen molar-refractivity contribution in [2.24, 2.45) is 0 Å². The van der Waals surface area contributed by atoms with Crippen LogP contribution in [0.4, 0.5) is 0 Å².